The normalized spacial score (nSPS) is 12.7. The number of alkyl halides is 2. The smallest absolute Gasteiger partial charge is 0.319 e. The van der Waals surface area contributed by atoms with E-state index < -0.39 is 12.3 Å². The van der Waals surface area contributed by atoms with E-state index in [1.807, 2.05) is 6.92 Å². The first kappa shape index (κ1) is 9.88. The molecule has 0 N–H and O–H groups in total. The summed E-state index contributed by atoms with van der Waals surface area (Å²) >= 11 is 2.85. The second-order valence-electron chi connectivity index (χ2n) is 1.82. The number of esters is 1. The van der Waals surface area contributed by atoms with Crippen LogP contribution < -0.4 is 0 Å². The summed E-state index contributed by atoms with van der Waals surface area (Å²) in [7, 11) is 0. The molecule has 1 unspecified atom stereocenters. The van der Waals surface area contributed by atoms with Gasteiger partial charge in [0.2, 0.25) is 6.36 Å². The van der Waals surface area contributed by atoms with Gasteiger partial charge in [0.25, 0.3) is 0 Å². The number of carbonyl (C=O) groups excluding carboxylic acids is 1. The lowest BCUT2D eigenvalue weighted by Gasteiger charge is -2.05. The van der Waals surface area contributed by atoms with Crippen molar-refractivity contribution in [1.82, 2.24) is 0 Å². The van der Waals surface area contributed by atoms with Crippen LogP contribution in [0.1, 0.15) is 19.8 Å². The van der Waals surface area contributed by atoms with Crippen LogP contribution in [0.3, 0.4) is 0 Å². The van der Waals surface area contributed by atoms with Gasteiger partial charge in [0.15, 0.2) is 0 Å². The van der Waals surface area contributed by atoms with Crippen molar-refractivity contribution in [3.63, 3.8) is 0 Å². The Morgan fingerprint density at radius 1 is 1.80 bits per heavy atom. The molecule has 4 heteroatoms. The summed E-state index contributed by atoms with van der Waals surface area (Å²) in [4.78, 5) is 10.4. The first-order valence-electron chi connectivity index (χ1n) is 3.10. The minimum Gasteiger partial charge on any atom is -0.430 e. The summed E-state index contributed by atoms with van der Waals surface area (Å²) < 4.78 is 16.7. The Morgan fingerprint density at radius 2 is 2.40 bits per heavy atom. The highest BCUT2D eigenvalue weighted by atomic mass is 79.9. The van der Waals surface area contributed by atoms with E-state index in [-0.39, 0.29) is 11.8 Å². The molecule has 0 fully saturated rings. The number of hydrogen-bond donors (Lipinski definition) is 0. The minimum absolute atomic E-state index is 0.0527. The van der Waals surface area contributed by atoms with E-state index in [0.29, 0.717) is 6.42 Å². The molecule has 0 saturated carbocycles. The highest BCUT2D eigenvalue weighted by molar-refractivity contribution is 9.09. The summed E-state index contributed by atoms with van der Waals surface area (Å²) in [5.74, 6) is -0.555. The van der Waals surface area contributed by atoms with Crippen LogP contribution in [-0.4, -0.2) is 17.7 Å². The van der Waals surface area contributed by atoms with Gasteiger partial charge in [-0.1, -0.05) is 22.9 Å². The van der Waals surface area contributed by atoms with Crippen molar-refractivity contribution >= 4 is 21.9 Å². The molecule has 60 valence electrons. The third-order valence-electron chi connectivity index (χ3n) is 0.884. The highest BCUT2D eigenvalue weighted by Crippen LogP contribution is 2.03. The van der Waals surface area contributed by atoms with Crippen LogP contribution in [0, 0.1) is 0 Å². The second kappa shape index (κ2) is 5.65. The average Bonchev–Trinajstić information content (AvgIpc) is 1.88. The predicted octanol–water partition coefficient (Wildman–Crippen LogP) is 2.02. The van der Waals surface area contributed by atoms with E-state index in [0.717, 1.165) is 0 Å². The van der Waals surface area contributed by atoms with Gasteiger partial charge < -0.3 is 4.74 Å². The van der Waals surface area contributed by atoms with E-state index in [1.54, 1.807) is 0 Å². The fourth-order valence-corrected chi connectivity index (χ4v) is 0.592. The van der Waals surface area contributed by atoms with Crippen LogP contribution in [0.25, 0.3) is 0 Å². The number of rotatable bonds is 4. The molecule has 2 nitrogen and oxygen atoms in total. The molecule has 0 spiro atoms. The molecule has 0 aromatic heterocycles. The van der Waals surface area contributed by atoms with Crippen LogP contribution in [-0.2, 0) is 9.53 Å². The molecule has 0 aliphatic carbocycles. The maximum atomic E-state index is 12.4. The molecule has 0 saturated heterocycles. The fraction of sp³-hybridized carbons (Fsp3) is 0.833. The van der Waals surface area contributed by atoms with Gasteiger partial charge in [0, 0.05) is 6.42 Å². The van der Waals surface area contributed by atoms with Gasteiger partial charge in [-0.2, -0.15) is 0 Å². The monoisotopic (exact) mass is 212 g/mol. The Kier molecular flexibility index (Phi) is 5.58. The van der Waals surface area contributed by atoms with Gasteiger partial charge in [-0.3, -0.25) is 4.79 Å². The molecule has 0 bridgehead atoms. The zero-order valence-corrected chi connectivity index (χ0v) is 7.36. The Morgan fingerprint density at radius 3 is 2.80 bits per heavy atom. The van der Waals surface area contributed by atoms with Crippen molar-refractivity contribution in [3.8, 4) is 0 Å². The molecule has 0 amide bonds. The van der Waals surface area contributed by atoms with Crippen LogP contribution in [0.15, 0.2) is 0 Å². The van der Waals surface area contributed by atoms with Gasteiger partial charge in [-0.15, -0.1) is 0 Å². The third-order valence-corrected chi connectivity index (χ3v) is 1.34. The lowest BCUT2D eigenvalue weighted by atomic mass is 10.3. The molecular formula is C6H10BrFO2. The van der Waals surface area contributed by atoms with Crippen molar-refractivity contribution in [1.29, 1.82) is 0 Å². The summed E-state index contributed by atoms with van der Waals surface area (Å²) in [6.45, 7) is 1.83. The van der Waals surface area contributed by atoms with Crippen LogP contribution in [0.4, 0.5) is 4.39 Å². The van der Waals surface area contributed by atoms with E-state index in [4.69, 9.17) is 0 Å². The SMILES string of the molecule is CCCC(F)OC(=O)CBr. The van der Waals surface area contributed by atoms with Gasteiger partial charge in [0.1, 0.15) is 5.33 Å². The fourth-order valence-electron chi connectivity index (χ4n) is 0.460. The average molecular weight is 213 g/mol. The molecule has 0 rings (SSSR count). The van der Waals surface area contributed by atoms with Crippen LogP contribution in [0.5, 0.6) is 0 Å². The van der Waals surface area contributed by atoms with Gasteiger partial charge in [-0.05, 0) is 6.42 Å². The van der Waals surface area contributed by atoms with Crippen molar-refractivity contribution in [3.05, 3.63) is 0 Å². The Bertz CT molecular complexity index is 108. The number of carbonyl (C=O) groups is 1. The largest absolute Gasteiger partial charge is 0.430 e. The maximum Gasteiger partial charge on any atom is 0.319 e. The Hall–Kier alpha value is -0.120. The summed E-state index contributed by atoms with van der Waals surface area (Å²) in [6, 6.07) is 0. The maximum absolute atomic E-state index is 12.4. The zero-order valence-electron chi connectivity index (χ0n) is 5.77. The summed E-state index contributed by atoms with van der Waals surface area (Å²) in [5, 5.41) is 0.0527. The highest BCUT2D eigenvalue weighted by Gasteiger charge is 2.09. The van der Waals surface area contributed by atoms with E-state index in [2.05, 4.69) is 20.7 Å². The first-order chi connectivity index (χ1) is 4.70. The lowest BCUT2D eigenvalue weighted by molar-refractivity contribution is -0.154. The molecule has 0 aromatic carbocycles. The van der Waals surface area contributed by atoms with Gasteiger partial charge in [0.05, 0.1) is 0 Å². The molecule has 0 aliphatic heterocycles. The topological polar surface area (TPSA) is 26.3 Å². The third kappa shape index (κ3) is 4.73. The van der Waals surface area contributed by atoms with Crippen LogP contribution in [0.2, 0.25) is 0 Å². The predicted molar refractivity (Wildman–Crippen MR) is 39.7 cm³/mol. The standard InChI is InChI=1S/C6H10BrFO2/c1-2-3-5(8)10-6(9)4-7/h5H,2-4H2,1H3. The van der Waals surface area contributed by atoms with Crippen molar-refractivity contribution in [2.75, 3.05) is 5.33 Å². The number of ether oxygens (including phenoxy) is 1. The van der Waals surface area contributed by atoms with Crippen molar-refractivity contribution < 1.29 is 13.9 Å². The number of halogens is 2. The lowest BCUT2D eigenvalue weighted by Crippen LogP contribution is -2.13. The quantitative estimate of drug-likeness (QED) is 0.527. The van der Waals surface area contributed by atoms with Crippen molar-refractivity contribution in [2.24, 2.45) is 0 Å². The van der Waals surface area contributed by atoms with Gasteiger partial charge in [-0.25, -0.2) is 4.39 Å². The molecule has 10 heavy (non-hydrogen) atoms. The molecule has 0 aromatic rings. The van der Waals surface area contributed by atoms with E-state index in [1.165, 1.54) is 0 Å². The van der Waals surface area contributed by atoms with Crippen molar-refractivity contribution in [2.45, 2.75) is 26.1 Å². The van der Waals surface area contributed by atoms with E-state index >= 15 is 0 Å². The minimum atomic E-state index is -1.44. The summed E-state index contributed by atoms with van der Waals surface area (Å²) in [5.41, 5.74) is 0. The van der Waals surface area contributed by atoms with Crippen LogP contribution >= 0.6 is 15.9 Å². The van der Waals surface area contributed by atoms with Gasteiger partial charge >= 0.3 is 5.97 Å². The molecule has 1 atom stereocenters. The second-order valence-corrected chi connectivity index (χ2v) is 2.38. The molecule has 0 heterocycles. The Balaban J connectivity index is 3.37. The summed E-state index contributed by atoms with van der Waals surface area (Å²) in [6.07, 6.45) is -0.481. The molecule has 0 aliphatic rings. The zero-order chi connectivity index (χ0) is 7.98. The number of hydrogen-bond acceptors (Lipinski definition) is 2. The molecule has 0 radical (unpaired) electrons. The Labute approximate surface area is 67.9 Å². The molecular weight excluding hydrogens is 203 g/mol. The van der Waals surface area contributed by atoms with E-state index in [9.17, 15) is 9.18 Å². The first-order valence-corrected chi connectivity index (χ1v) is 4.22.